The van der Waals surface area contributed by atoms with E-state index in [9.17, 15) is 9.18 Å². The van der Waals surface area contributed by atoms with Gasteiger partial charge >= 0.3 is 0 Å². The molecule has 0 unspecified atom stereocenters. The summed E-state index contributed by atoms with van der Waals surface area (Å²) in [5.74, 6) is -0.715. The van der Waals surface area contributed by atoms with E-state index in [1.54, 1.807) is 13.8 Å². The highest BCUT2D eigenvalue weighted by Gasteiger charge is 2.26. The van der Waals surface area contributed by atoms with Crippen LogP contribution >= 0.6 is 11.6 Å². The van der Waals surface area contributed by atoms with Gasteiger partial charge in [-0.3, -0.25) is 4.79 Å². The number of benzene rings is 1. The summed E-state index contributed by atoms with van der Waals surface area (Å²) in [6, 6.07) is 4.06. The number of ether oxygens (including phenoxy) is 1. The van der Waals surface area contributed by atoms with Crippen molar-refractivity contribution in [3.05, 3.63) is 29.0 Å². The molecule has 2 nitrogen and oxygen atoms in total. The molecule has 1 rings (SSSR count). The first-order chi connectivity index (χ1) is 6.83. The van der Waals surface area contributed by atoms with E-state index in [1.165, 1.54) is 19.1 Å². The predicted octanol–water partition coefficient (Wildman–Crippen LogP) is 3.23. The predicted molar refractivity (Wildman–Crippen MR) is 56.8 cm³/mol. The fourth-order valence-electron chi connectivity index (χ4n) is 0.905. The summed E-state index contributed by atoms with van der Waals surface area (Å²) in [6.07, 6.45) is 0. The Morgan fingerprint density at radius 3 is 2.53 bits per heavy atom. The van der Waals surface area contributed by atoms with Gasteiger partial charge in [-0.1, -0.05) is 11.6 Å². The van der Waals surface area contributed by atoms with E-state index in [1.807, 2.05) is 0 Å². The Morgan fingerprint density at radius 1 is 1.47 bits per heavy atom. The number of carbonyl (C=O) groups excluding carboxylic acids is 1. The lowest BCUT2D eigenvalue weighted by molar-refractivity contribution is -0.129. The van der Waals surface area contributed by atoms with Crippen LogP contribution in [0.4, 0.5) is 4.39 Å². The average Bonchev–Trinajstić information content (AvgIpc) is 2.09. The van der Waals surface area contributed by atoms with Gasteiger partial charge in [0, 0.05) is 5.02 Å². The topological polar surface area (TPSA) is 26.3 Å². The van der Waals surface area contributed by atoms with Crippen LogP contribution in [0, 0.1) is 5.82 Å². The maximum atomic E-state index is 13.3. The number of rotatable bonds is 3. The summed E-state index contributed by atoms with van der Waals surface area (Å²) in [5.41, 5.74) is -1.03. The van der Waals surface area contributed by atoms with E-state index in [0.717, 1.165) is 6.07 Å². The second-order valence-electron chi connectivity index (χ2n) is 3.74. The summed E-state index contributed by atoms with van der Waals surface area (Å²) >= 11 is 5.59. The van der Waals surface area contributed by atoms with Gasteiger partial charge in [0.25, 0.3) is 0 Å². The first kappa shape index (κ1) is 12.0. The van der Waals surface area contributed by atoms with Crippen LogP contribution in [0.1, 0.15) is 20.8 Å². The Hall–Kier alpha value is -1.09. The summed E-state index contributed by atoms with van der Waals surface area (Å²) in [7, 11) is 0. The molecule has 0 amide bonds. The lowest BCUT2D eigenvalue weighted by atomic mass is 10.1. The van der Waals surface area contributed by atoms with Crippen molar-refractivity contribution in [1.29, 1.82) is 0 Å². The van der Waals surface area contributed by atoms with Gasteiger partial charge in [-0.2, -0.15) is 0 Å². The van der Waals surface area contributed by atoms with Crippen molar-refractivity contribution in [1.82, 2.24) is 0 Å². The smallest absolute Gasteiger partial charge is 0.172 e. The van der Waals surface area contributed by atoms with E-state index < -0.39 is 11.4 Å². The highest BCUT2D eigenvalue weighted by Crippen LogP contribution is 2.25. The summed E-state index contributed by atoms with van der Waals surface area (Å²) < 4.78 is 18.6. The molecule has 0 atom stereocenters. The van der Waals surface area contributed by atoms with Crippen LogP contribution in [-0.4, -0.2) is 11.4 Å². The number of Topliss-reactive ketones (excluding diaryl/α,β-unsaturated/α-hetero) is 1. The van der Waals surface area contributed by atoms with Crippen LogP contribution in [0.3, 0.4) is 0 Å². The van der Waals surface area contributed by atoms with Crippen molar-refractivity contribution in [2.75, 3.05) is 0 Å². The van der Waals surface area contributed by atoms with Crippen LogP contribution in [-0.2, 0) is 4.79 Å². The van der Waals surface area contributed by atoms with Crippen molar-refractivity contribution >= 4 is 17.4 Å². The molecule has 1 aromatic carbocycles. The third-order valence-electron chi connectivity index (χ3n) is 2.11. The minimum absolute atomic E-state index is 0.0274. The SMILES string of the molecule is CC(=O)C(C)(C)Oc1ccc(Cl)cc1F. The fourth-order valence-corrected chi connectivity index (χ4v) is 1.06. The minimum Gasteiger partial charge on any atom is -0.477 e. The lowest BCUT2D eigenvalue weighted by Crippen LogP contribution is -2.36. The average molecular weight is 231 g/mol. The summed E-state index contributed by atoms with van der Waals surface area (Å²) in [5, 5.41) is 0.292. The van der Waals surface area contributed by atoms with E-state index >= 15 is 0 Å². The number of hydrogen-bond donors (Lipinski definition) is 0. The Morgan fingerprint density at radius 2 is 2.07 bits per heavy atom. The molecule has 0 radical (unpaired) electrons. The first-order valence-electron chi connectivity index (χ1n) is 4.48. The highest BCUT2D eigenvalue weighted by atomic mass is 35.5. The number of hydrogen-bond acceptors (Lipinski definition) is 2. The third kappa shape index (κ3) is 2.93. The van der Waals surface area contributed by atoms with Crippen molar-refractivity contribution in [3.63, 3.8) is 0 Å². The van der Waals surface area contributed by atoms with Gasteiger partial charge in [0.2, 0.25) is 0 Å². The van der Waals surface area contributed by atoms with Crippen molar-refractivity contribution < 1.29 is 13.9 Å². The molecule has 82 valence electrons. The van der Waals surface area contributed by atoms with E-state index in [0.29, 0.717) is 5.02 Å². The van der Waals surface area contributed by atoms with Crippen LogP contribution in [0.2, 0.25) is 5.02 Å². The molecule has 0 aliphatic heterocycles. The molecule has 0 saturated carbocycles. The van der Waals surface area contributed by atoms with Gasteiger partial charge in [0.05, 0.1) is 0 Å². The van der Waals surface area contributed by atoms with Crippen LogP contribution in [0.25, 0.3) is 0 Å². The molecular weight excluding hydrogens is 219 g/mol. The second-order valence-corrected chi connectivity index (χ2v) is 4.18. The zero-order chi connectivity index (χ0) is 11.6. The molecule has 0 aliphatic carbocycles. The quantitative estimate of drug-likeness (QED) is 0.797. The molecule has 1 aromatic rings. The second kappa shape index (κ2) is 4.19. The number of carbonyl (C=O) groups is 1. The summed E-state index contributed by atoms with van der Waals surface area (Å²) in [6.45, 7) is 4.57. The van der Waals surface area contributed by atoms with Gasteiger partial charge in [0.15, 0.2) is 23.0 Å². The van der Waals surface area contributed by atoms with Gasteiger partial charge in [0.1, 0.15) is 0 Å². The Labute approximate surface area is 93.0 Å². The molecule has 0 spiro atoms. The lowest BCUT2D eigenvalue weighted by Gasteiger charge is -2.23. The maximum absolute atomic E-state index is 13.3. The number of ketones is 1. The van der Waals surface area contributed by atoms with E-state index in [-0.39, 0.29) is 11.5 Å². The van der Waals surface area contributed by atoms with Crippen molar-refractivity contribution in [2.24, 2.45) is 0 Å². The molecule has 15 heavy (non-hydrogen) atoms. The van der Waals surface area contributed by atoms with Crippen LogP contribution in [0.15, 0.2) is 18.2 Å². The molecule has 0 heterocycles. The third-order valence-corrected chi connectivity index (χ3v) is 2.34. The van der Waals surface area contributed by atoms with Gasteiger partial charge in [-0.25, -0.2) is 4.39 Å². The zero-order valence-electron chi connectivity index (χ0n) is 8.80. The zero-order valence-corrected chi connectivity index (χ0v) is 9.56. The van der Waals surface area contributed by atoms with E-state index in [2.05, 4.69) is 0 Å². The van der Waals surface area contributed by atoms with Crippen LogP contribution < -0.4 is 4.74 Å². The fraction of sp³-hybridized carbons (Fsp3) is 0.364. The molecule has 0 N–H and O–H groups in total. The van der Waals surface area contributed by atoms with E-state index in [4.69, 9.17) is 16.3 Å². The first-order valence-corrected chi connectivity index (χ1v) is 4.86. The largest absolute Gasteiger partial charge is 0.477 e. The Balaban J connectivity index is 2.95. The van der Waals surface area contributed by atoms with Crippen molar-refractivity contribution in [2.45, 2.75) is 26.4 Å². The Kier molecular flexibility index (Phi) is 3.35. The molecule has 0 aromatic heterocycles. The van der Waals surface area contributed by atoms with Crippen LogP contribution in [0.5, 0.6) is 5.75 Å². The molecule has 0 fully saturated rings. The molecule has 4 heteroatoms. The van der Waals surface area contributed by atoms with Gasteiger partial charge < -0.3 is 4.74 Å². The van der Waals surface area contributed by atoms with Gasteiger partial charge in [-0.15, -0.1) is 0 Å². The standard InChI is InChI=1S/C11H12ClFO2/c1-7(14)11(2,3)15-10-5-4-8(12)6-9(10)13/h4-6H,1-3H3. The summed E-state index contributed by atoms with van der Waals surface area (Å²) in [4.78, 5) is 11.2. The van der Waals surface area contributed by atoms with Crippen molar-refractivity contribution in [3.8, 4) is 5.75 Å². The molecule has 0 saturated heterocycles. The minimum atomic E-state index is -1.03. The Bertz CT molecular complexity index is 388. The van der Waals surface area contributed by atoms with Gasteiger partial charge in [-0.05, 0) is 39.0 Å². The number of halogens is 2. The molecule has 0 bridgehead atoms. The highest BCUT2D eigenvalue weighted by molar-refractivity contribution is 6.30. The monoisotopic (exact) mass is 230 g/mol. The molecule has 0 aliphatic rings. The normalized spacial score (nSPS) is 11.3. The maximum Gasteiger partial charge on any atom is 0.172 e. The molecular formula is C11H12ClFO2.